The lowest BCUT2D eigenvalue weighted by Crippen LogP contribution is -2.27. The topological polar surface area (TPSA) is 21.3 Å². The van der Waals surface area contributed by atoms with Crippen LogP contribution >= 0.6 is 0 Å². The van der Waals surface area contributed by atoms with Gasteiger partial charge in [-0.1, -0.05) is 6.92 Å². The summed E-state index contributed by atoms with van der Waals surface area (Å²) in [6.07, 6.45) is 5.63. The molecule has 1 aromatic carbocycles. The first kappa shape index (κ1) is 14.3. The first-order valence-electron chi connectivity index (χ1n) is 7.37. The lowest BCUT2D eigenvalue weighted by Gasteiger charge is -2.15. The van der Waals surface area contributed by atoms with Gasteiger partial charge in [-0.05, 0) is 57.4 Å². The van der Waals surface area contributed by atoms with E-state index in [1.54, 1.807) is 12.1 Å². The summed E-state index contributed by atoms with van der Waals surface area (Å²) >= 11 is 0. The van der Waals surface area contributed by atoms with Crippen LogP contribution in [-0.2, 0) is 6.42 Å². The molecule has 2 rings (SSSR count). The van der Waals surface area contributed by atoms with Crippen LogP contribution in [0.5, 0.6) is 5.75 Å². The number of hydrogen-bond acceptors (Lipinski definition) is 2. The summed E-state index contributed by atoms with van der Waals surface area (Å²) in [6, 6.07) is 5.38. The molecule has 0 radical (unpaired) electrons. The fourth-order valence-corrected chi connectivity index (χ4v) is 2.59. The highest BCUT2D eigenvalue weighted by Gasteiger charge is 2.22. The molecule has 2 unspecified atom stereocenters. The van der Waals surface area contributed by atoms with Gasteiger partial charge in [0.05, 0.1) is 0 Å². The van der Waals surface area contributed by atoms with E-state index in [0.29, 0.717) is 6.04 Å². The van der Waals surface area contributed by atoms with Gasteiger partial charge in [0, 0.05) is 18.0 Å². The van der Waals surface area contributed by atoms with Crippen molar-refractivity contribution in [3.05, 3.63) is 29.6 Å². The van der Waals surface area contributed by atoms with Gasteiger partial charge in [-0.25, -0.2) is 4.39 Å². The third-order valence-electron chi connectivity index (χ3n) is 3.67. The van der Waals surface area contributed by atoms with Crippen LogP contribution in [0, 0.1) is 5.82 Å². The first-order chi connectivity index (χ1) is 9.19. The predicted molar refractivity (Wildman–Crippen MR) is 76.1 cm³/mol. The van der Waals surface area contributed by atoms with Crippen molar-refractivity contribution in [2.24, 2.45) is 0 Å². The number of ether oxygens (including phenoxy) is 1. The van der Waals surface area contributed by atoms with Crippen LogP contribution in [0.1, 0.15) is 45.1 Å². The summed E-state index contributed by atoms with van der Waals surface area (Å²) in [7, 11) is 0. The summed E-state index contributed by atoms with van der Waals surface area (Å²) in [5.74, 6) is 0.698. The van der Waals surface area contributed by atoms with Crippen molar-refractivity contribution in [3.63, 3.8) is 0 Å². The van der Waals surface area contributed by atoms with Gasteiger partial charge in [0.25, 0.3) is 0 Å². The number of benzene rings is 1. The van der Waals surface area contributed by atoms with E-state index in [0.717, 1.165) is 37.1 Å². The summed E-state index contributed by atoms with van der Waals surface area (Å²) in [4.78, 5) is 0. The fourth-order valence-electron chi connectivity index (χ4n) is 2.59. The van der Waals surface area contributed by atoms with E-state index >= 15 is 0 Å². The Bertz CT molecular complexity index is 408. The van der Waals surface area contributed by atoms with E-state index in [9.17, 15) is 4.39 Å². The Labute approximate surface area is 115 Å². The maximum atomic E-state index is 13.1. The molecule has 0 saturated carbocycles. The SMILES string of the molecule is CCCNC(C)CCCC1Cc2cc(F)ccc2O1. The molecular formula is C16H24FNO. The van der Waals surface area contributed by atoms with E-state index in [2.05, 4.69) is 19.2 Å². The van der Waals surface area contributed by atoms with E-state index < -0.39 is 0 Å². The molecule has 19 heavy (non-hydrogen) atoms. The van der Waals surface area contributed by atoms with Gasteiger partial charge in [0.15, 0.2) is 0 Å². The number of halogens is 1. The zero-order valence-electron chi connectivity index (χ0n) is 11.9. The number of rotatable bonds is 7. The van der Waals surface area contributed by atoms with Crippen LogP contribution in [0.2, 0.25) is 0 Å². The molecule has 1 N–H and O–H groups in total. The molecule has 0 saturated heterocycles. The van der Waals surface area contributed by atoms with Crippen molar-refractivity contribution in [3.8, 4) is 5.75 Å². The molecule has 0 bridgehead atoms. The first-order valence-corrected chi connectivity index (χ1v) is 7.37. The van der Waals surface area contributed by atoms with Gasteiger partial charge < -0.3 is 10.1 Å². The molecule has 0 amide bonds. The quantitative estimate of drug-likeness (QED) is 0.812. The minimum Gasteiger partial charge on any atom is -0.490 e. The molecule has 1 aromatic rings. The molecule has 0 aliphatic carbocycles. The monoisotopic (exact) mass is 265 g/mol. The van der Waals surface area contributed by atoms with Crippen LogP contribution in [0.4, 0.5) is 4.39 Å². The number of fused-ring (bicyclic) bond motifs is 1. The normalized spacial score (nSPS) is 19.0. The average molecular weight is 265 g/mol. The highest BCUT2D eigenvalue weighted by molar-refractivity contribution is 5.37. The lowest BCUT2D eigenvalue weighted by molar-refractivity contribution is 0.215. The molecule has 2 nitrogen and oxygen atoms in total. The maximum Gasteiger partial charge on any atom is 0.123 e. The van der Waals surface area contributed by atoms with Crippen molar-refractivity contribution in [1.82, 2.24) is 5.32 Å². The average Bonchev–Trinajstić information content (AvgIpc) is 2.78. The van der Waals surface area contributed by atoms with Crippen molar-refractivity contribution >= 4 is 0 Å². The van der Waals surface area contributed by atoms with Crippen molar-refractivity contribution in [2.75, 3.05) is 6.54 Å². The van der Waals surface area contributed by atoms with Crippen LogP contribution in [0.15, 0.2) is 18.2 Å². The second-order valence-electron chi connectivity index (χ2n) is 5.48. The molecule has 0 fully saturated rings. The summed E-state index contributed by atoms with van der Waals surface area (Å²) in [5.41, 5.74) is 1.02. The molecule has 1 aliphatic rings. The number of nitrogens with one attached hydrogen (secondary N) is 1. The highest BCUT2D eigenvalue weighted by atomic mass is 19.1. The minimum atomic E-state index is -0.166. The third-order valence-corrected chi connectivity index (χ3v) is 3.67. The van der Waals surface area contributed by atoms with E-state index in [4.69, 9.17) is 4.74 Å². The minimum absolute atomic E-state index is 0.166. The van der Waals surface area contributed by atoms with E-state index in [1.165, 1.54) is 18.9 Å². The summed E-state index contributed by atoms with van der Waals surface area (Å²) in [5, 5.41) is 3.49. The largest absolute Gasteiger partial charge is 0.490 e. The molecule has 3 heteroatoms. The second-order valence-corrected chi connectivity index (χ2v) is 5.48. The second kappa shape index (κ2) is 6.90. The predicted octanol–water partition coefficient (Wildman–Crippen LogP) is 3.69. The highest BCUT2D eigenvalue weighted by Crippen LogP contribution is 2.31. The summed E-state index contributed by atoms with van der Waals surface area (Å²) in [6.45, 7) is 5.50. The molecular weight excluding hydrogens is 241 g/mol. The van der Waals surface area contributed by atoms with Gasteiger partial charge >= 0.3 is 0 Å². The number of hydrogen-bond donors (Lipinski definition) is 1. The standard InChI is InChI=1S/C16H24FNO/c1-3-9-18-12(2)5-4-6-15-11-13-10-14(17)7-8-16(13)19-15/h7-8,10,12,15,18H,3-6,9,11H2,1-2H3. The van der Waals surface area contributed by atoms with Gasteiger partial charge in [-0.2, -0.15) is 0 Å². The van der Waals surface area contributed by atoms with E-state index in [1.807, 2.05) is 0 Å². The van der Waals surface area contributed by atoms with Gasteiger partial charge in [0.1, 0.15) is 17.7 Å². The van der Waals surface area contributed by atoms with Crippen LogP contribution in [-0.4, -0.2) is 18.7 Å². The third kappa shape index (κ3) is 4.20. The Kier molecular flexibility index (Phi) is 5.20. The Morgan fingerprint density at radius 2 is 2.32 bits per heavy atom. The van der Waals surface area contributed by atoms with E-state index in [-0.39, 0.29) is 11.9 Å². The van der Waals surface area contributed by atoms with Crippen LogP contribution in [0.3, 0.4) is 0 Å². The molecule has 0 aromatic heterocycles. The Morgan fingerprint density at radius 1 is 1.47 bits per heavy atom. The summed E-state index contributed by atoms with van der Waals surface area (Å²) < 4.78 is 18.9. The van der Waals surface area contributed by atoms with Gasteiger partial charge in [-0.3, -0.25) is 0 Å². The van der Waals surface area contributed by atoms with Gasteiger partial charge in [0.2, 0.25) is 0 Å². The van der Waals surface area contributed by atoms with Crippen molar-refractivity contribution in [1.29, 1.82) is 0 Å². The fraction of sp³-hybridized carbons (Fsp3) is 0.625. The smallest absolute Gasteiger partial charge is 0.123 e. The molecule has 2 atom stereocenters. The Hall–Kier alpha value is -1.09. The Balaban J connectivity index is 1.69. The maximum absolute atomic E-state index is 13.1. The van der Waals surface area contributed by atoms with Crippen molar-refractivity contribution in [2.45, 2.75) is 58.1 Å². The molecule has 1 heterocycles. The zero-order chi connectivity index (χ0) is 13.7. The molecule has 0 spiro atoms. The Morgan fingerprint density at radius 3 is 3.11 bits per heavy atom. The van der Waals surface area contributed by atoms with Gasteiger partial charge in [-0.15, -0.1) is 0 Å². The molecule has 1 aliphatic heterocycles. The van der Waals surface area contributed by atoms with Crippen LogP contribution < -0.4 is 10.1 Å². The lowest BCUT2D eigenvalue weighted by atomic mass is 10.0. The van der Waals surface area contributed by atoms with Crippen LogP contribution in [0.25, 0.3) is 0 Å². The van der Waals surface area contributed by atoms with Crippen molar-refractivity contribution < 1.29 is 9.13 Å². The molecule has 106 valence electrons. The zero-order valence-corrected chi connectivity index (χ0v) is 11.9.